The molecule has 21 heavy (non-hydrogen) atoms. The van der Waals surface area contributed by atoms with Gasteiger partial charge in [0.15, 0.2) is 0 Å². The number of benzene rings is 1. The topological polar surface area (TPSA) is 69.7 Å². The zero-order chi connectivity index (χ0) is 15.8. The number of hydrogen-bond donors (Lipinski definition) is 0. The maximum atomic E-state index is 11.5. The van der Waals surface area contributed by atoms with Crippen LogP contribution in [0.15, 0.2) is 18.2 Å². The van der Waals surface area contributed by atoms with Crippen LogP contribution in [-0.2, 0) is 16.0 Å². The first-order valence-electron chi connectivity index (χ1n) is 6.63. The Morgan fingerprint density at radius 3 is 2.62 bits per heavy atom. The first kappa shape index (κ1) is 17.9. The highest BCUT2D eigenvalue weighted by atomic mass is 35.5. The Labute approximate surface area is 132 Å². The average Bonchev–Trinajstić information content (AvgIpc) is 2.47. The second-order valence-electron chi connectivity index (χ2n) is 4.56. The summed E-state index contributed by atoms with van der Waals surface area (Å²) in [5.74, 6) is 0.134. The van der Waals surface area contributed by atoms with Gasteiger partial charge in [0.25, 0.3) is 0 Å². The molecule has 1 unspecified atom stereocenters. The van der Waals surface area contributed by atoms with E-state index in [1.54, 1.807) is 25.1 Å². The van der Waals surface area contributed by atoms with E-state index in [1.807, 2.05) is 0 Å². The van der Waals surface area contributed by atoms with Crippen LogP contribution < -0.4 is 4.31 Å². The zero-order valence-electron chi connectivity index (χ0n) is 12.1. The van der Waals surface area contributed by atoms with Crippen LogP contribution in [0.2, 0.25) is 0 Å². The summed E-state index contributed by atoms with van der Waals surface area (Å²) < 4.78 is 28.7. The first-order valence-corrected chi connectivity index (χ1v) is 8.19. The Morgan fingerprint density at radius 2 is 2.10 bits per heavy atom. The molecule has 0 saturated heterocycles. The van der Waals surface area contributed by atoms with Crippen molar-refractivity contribution in [1.82, 2.24) is 0 Å². The van der Waals surface area contributed by atoms with E-state index in [0.29, 0.717) is 29.2 Å². The predicted molar refractivity (Wildman–Crippen MR) is 83.4 cm³/mol. The lowest BCUT2D eigenvalue weighted by Gasteiger charge is -2.28. The van der Waals surface area contributed by atoms with E-state index < -0.39 is 17.2 Å². The van der Waals surface area contributed by atoms with Crippen molar-refractivity contribution in [2.24, 2.45) is 0 Å². The summed E-state index contributed by atoms with van der Waals surface area (Å²) in [6.45, 7) is 2.16. The van der Waals surface area contributed by atoms with Crippen LogP contribution in [0.5, 0.6) is 0 Å². The standard InChI is InChI=1S/C14H20ClNO4S/c1-11-10-12(14(17)20-2)6-7-13(11)16(21(18)19)9-5-3-4-8-15/h6-7,10H,3-5,8-9H2,1-2H3,(H,18,19)/p-1. The third kappa shape index (κ3) is 5.30. The smallest absolute Gasteiger partial charge is 0.337 e. The van der Waals surface area contributed by atoms with Gasteiger partial charge >= 0.3 is 5.97 Å². The number of rotatable bonds is 8. The molecule has 5 nitrogen and oxygen atoms in total. The summed E-state index contributed by atoms with van der Waals surface area (Å²) in [7, 11) is 1.31. The minimum absolute atomic E-state index is 0.394. The van der Waals surface area contributed by atoms with Crippen molar-refractivity contribution in [2.45, 2.75) is 26.2 Å². The third-order valence-corrected chi connectivity index (χ3v) is 4.07. The highest BCUT2D eigenvalue weighted by Crippen LogP contribution is 2.23. The molecule has 0 N–H and O–H groups in total. The minimum Gasteiger partial charge on any atom is -0.755 e. The van der Waals surface area contributed by atoms with Crippen molar-refractivity contribution < 1.29 is 18.3 Å². The number of aryl methyl sites for hydroxylation is 1. The number of methoxy groups -OCH3 is 1. The molecule has 7 heteroatoms. The fourth-order valence-electron chi connectivity index (χ4n) is 1.98. The quantitative estimate of drug-likeness (QED) is 0.318. The lowest BCUT2D eigenvalue weighted by molar-refractivity contribution is 0.0600. The van der Waals surface area contributed by atoms with Gasteiger partial charge in [0.05, 0.1) is 18.4 Å². The molecule has 0 aliphatic carbocycles. The molecule has 0 aliphatic rings. The molecule has 1 aromatic carbocycles. The van der Waals surface area contributed by atoms with Gasteiger partial charge in [-0.2, -0.15) is 0 Å². The molecule has 0 bridgehead atoms. The van der Waals surface area contributed by atoms with Crippen molar-refractivity contribution in [1.29, 1.82) is 0 Å². The summed E-state index contributed by atoms with van der Waals surface area (Å²) >= 11 is 3.25. The SMILES string of the molecule is COC(=O)c1ccc(N(CCCCCCl)S(=O)[O-])c(C)c1. The van der Waals surface area contributed by atoms with Gasteiger partial charge in [-0.3, -0.25) is 4.21 Å². The second kappa shape index (κ2) is 9.02. The zero-order valence-corrected chi connectivity index (χ0v) is 13.7. The number of alkyl halides is 1. The Morgan fingerprint density at radius 1 is 1.38 bits per heavy atom. The van der Waals surface area contributed by atoms with Crippen LogP contribution in [0.25, 0.3) is 0 Å². The highest BCUT2D eigenvalue weighted by molar-refractivity contribution is 7.80. The molecule has 0 saturated carbocycles. The number of nitrogens with zero attached hydrogens (tertiary/aromatic N) is 1. The van der Waals surface area contributed by atoms with Crippen LogP contribution in [0.4, 0.5) is 5.69 Å². The largest absolute Gasteiger partial charge is 0.755 e. The number of ether oxygens (including phenoxy) is 1. The summed E-state index contributed by atoms with van der Waals surface area (Å²) in [4.78, 5) is 11.5. The first-order chi connectivity index (χ1) is 10.0. The Balaban J connectivity index is 2.88. The molecular formula is C14H19ClNO4S-. The van der Waals surface area contributed by atoms with E-state index in [1.165, 1.54) is 11.4 Å². The van der Waals surface area contributed by atoms with Gasteiger partial charge in [-0.15, -0.1) is 11.6 Å². The Bertz CT molecular complexity index is 510. The molecule has 0 radical (unpaired) electrons. The number of hydrogen-bond acceptors (Lipinski definition) is 4. The Kier molecular flexibility index (Phi) is 7.71. The molecular weight excluding hydrogens is 314 g/mol. The molecule has 0 aliphatic heterocycles. The van der Waals surface area contributed by atoms with Gasteiger partial charge in [-0.05, 0) is 43.5 Å². The van der Waals surface area contributed by atoms with Crippen molar-refractivity contribution in [3.05, 3.63) is 29.3 Å². The van der Waals surface area contributed by atoms with Crippen molar-refractivity contribution in [3.63, 3.8) is 0 Å². The van der Waals surface area contributed by atoms with Gasteiger partial charge in [-0.25, -0.2) is 4.79 Å². The van der Waals surface area contributed by atoms with Crippen LogP contribution in [0.1, 0.15) is 35.2 Å². The average molecular weight is 333 g/mol. The normalized spacial score (nSPS) is 12.0. The highest BCUT2D eigenvalue weighted by Gasteiger charge is 2.13. The number of halogens is 1. The van der Waals surface area contributed by atoms with E-state index in [0.717, 1.165) is 19.3 Å². The van der Waals surface area contributed by atoms with Crippen LogP contribution in [0, 0.1) is 6.92 Å². The number of carbonyl (C=O) groups is 1. The molecule has 1 atom stereocenters. The summed E-state index contributed by atoms with van der Waals surface area (Å²) in [6, 6.07) is 4.81. The van der Waals surface area contributed by atoms with Crippen LogP contribution >= 0.6 is 11.6 Å². The minimum atomic E-state index is -2.35. The molecule has 118 valence electrons. The lowest BCUT2D eigenvalue weighted by atomic mass is 10.1. The molecule has 1 aromatic rings. The molecule has 0 aromatic heterocycles. The molecule has 0 fully saturated rings. The number of carbonyl (C=O) groups excluding carboxylic acids is 1. The molecule has 0 heterocycles. The van der Waals surface area contributed by atoms with Crippen molar-refractivity contribution >= 4 is 34.5 Å². The van der Waals surface area contributed by atoms with Crippen molar-refractivity contribution in [2.75, 3.05) is 23.8 Å². The van der Waals surface area contributed by atoms with Crippen LogP contribution in [-0.4, -0.2) is 34.3 Å². The third-order valence-electron chi connectivity index (χ3n) is 3.06. The predicted octanol–water partition coefficient (Wildman–Crippen LogP) is 2.79. The van der Waals surface area contributed by atoms with Crippen LogP contribution in [0.3, 0.4) is 0 Å². The van der Waals surface area contributed by atoms with E-state index >= 15 is 0 Å². The van der Waals surface area contributed by atoms with Gasteiger partial charge in [0.2, 0.25) is 0 Å². The van der Waals surface area contributed by atoms with Gasteiger partial charge in [0.1, 0.15) is 0 Å². The summed E-state index contributed by atoms with van der Waals surface area (Å²) in [6.07, 6.45) is 2.47. The van der Waals surface area contributed by atoms with Gasteiger partial charge in [0, 0.05) is 23.7 Å². The fraction of sp³-hybridized carbons (Fsp3) is 0.500. The molecule has 1 rings (SSSR count). The van der Waals surface area contributed by atoms with E-state index in [4.69, 9.17) is 11.6 Å². The maximum absolute atomic E-state index is 11.5. The summed E-state index contributed by atoms with van der Waals surface area (Å²) in [5.41, 5.74) is 1.68. The van der Waals surface area contributed by atoms with Crippen molar-refractivity contribution in [3.8, 4) is 0 Å². The van der Waals surface area contributed by atoms with Gasteiger partial charge in [-0.1, -0.05) is 6.42 Å². The molecule has 0 amide bonds. The number of unbranched alkanes of at least 4 members (excludes halogenated alkanes) is 2. The maximum Gasteiger partial charge on any atom is 0.337 e. The fourth-order valence-corrected chi connectivity index (χ4v) is 2.81. The van der Waals surface area contributed by atoms with Gasteiger partial charge < -0.3 is 13.6 Å². The lowest BCUT2D eigenvalue weighted by Crippen LogP contribution is -2.27. The second-order valence-corrected chi connectivity index (χ2v) is 5.81. The van der Waals surface area contributed by atoms with E-state index in [9.17, 15) is 13.6 Å². The molecule has 0 spiro atoms. The number of anilines is 1. The van der Waals surface area contributed by atoms with E-state index in [-0.39, 0.29) is 0 Å². The summed E-state index contributed by atoms with van der Waals surface area (Å²) in [5, 5.41) is 0. The monoisotopic (exact) mass is 332 g/mol. The Hall–Kier alpha value is -1.11. The van der Waals surface area contributed by atoms with E-state index in [2.05, 4.69) is 4.74 Å². The number of esters is 1.